The van der Waals surface area contributed by atoms with E-state index in [1.165, 1.54) is 0 Å². The molecule has 1 atom stereocenters. The molecule has 4 rings (SSSR count). The summed E-state index contributed by atoms with van der Waals surface area (Å²) in [7, 11) is 0. The molecule has 2 aromatic carbocycles. The highest BCUT2D eigenvalue weighted by molar-refractivity contribution is 6.32. The van der Waals surface area contributed by atoms with E-state index < -0.39 is 0 Å². The molecule has 1 unspecified atom stereocenters. The summed E-state index contributed by atoms with van der Waals surface area (Å²) in [6.07, 6.45) is 0.985. The molecule has 0 saturated carbocycles. The number of rotatable bonds is 6. The monoisotopic (exact) mass is 413 g/mol. The summed E-state index contributed by atoms with van der Waals surface area (Å²) in [4.78, 5) is 20.8. The fourth-order valence-corrected chi connectivity index (χ4v) is 3.83. The largest absolute Gasteiger partial charge is 0.486 e. The quantitative estimate of drug-likeness (QED) is 0.626. The first kappa shape index (κ1) is 19.6. The molecule has 2 N–H and O–H groups in total. The zero-order valence-corrected chi connectivity index (χ0v) is 17.3. The lowest BCUT2D eigenvalue weighted by Gasteiger charge is -2.21. The molecule has 1 aliphatic rings. The number of ether oxygens (including phenoxy) is 2. The molecule has 6 nitrogen and oxygen atoms in total. The van der Waals surface area contributed by atoms with Crippen LogP contribution in [0, 0.1) is 5.92 Å². The van der Waals surface area contributed by atoms with Crippen LogP contribution in [0.3, 0.4) is 0 Å². The van der Waals surface area contributed by atoms with Crippen molar-refractivity contribution in [3.8, 4) is 11.5 Å². The van der Waals surface area contributed by atoms with Gasteiger partial charge in [-0.1, -0.05) is 37.6 Å². The molecule has 29 heavy (non-hydrogen) atoms. The second-order valence-corrected chi connectivity index (χ2v) is 8.07. The summed E-state index contributed by atoms with van der Waals surface area (Å²) in [6, 6.07) is 11.2. The van der Waals surface area contributed by atoms with E-state index in [-0.39, 0.29) is 18.4 Å². The molecule has 152 valence electrons. The first-order chi connectivity index (χ1) is 14.0. The molecule has 0 saturated heterocycles. The van der Waals surface area contributed by atoms with Crippen LogP contribution in [-0.2, 0) is 11.2 Å². The summed E-state index contributed by atoms with van der Waals surface area (Å²) < 4.78 is 11.1. The van der Waals surface area contributed by atoms with Gasteiger partial charge in [-0.2, -0.15) is 0 Å². The highest BCUT2D eigenvalue weighted by Gasteiger charge is 2.22. The molecule has 0 aliphatic carbocycles. The minimum Gasteiger partial charge on any atom is -0.486 e. The van der Waals surface area contributed by atoms with Crippen molar-refractivity contribution in [3.63, 3.8) is 0 Å². The van der Waals surface area contributed by atoms with Crippen LogP contribution in [0.1, 0.15) is 37.7 Å². The van der Waals surface area contributed by atoms with E-state index >= 15 is 0 Å². The maximum Gasteiger partial charge on any atom is 0.225 e. The Hall–Kier alpha value is -2.73. The van der Waals surface area contributed by atoms with Crippen LogP contribution in [0.25, 0.3) is 11.0 Å². The summed E-state index contributed by atoms with van der Waals surface area (Å²) in [5.41, 5.74) is 2.64. The second-order valence-electron chi connectivity index (χ2n) is 7.67. The number of nitrogens with one attached hydrogen (secondary N) is 2. The third-order valence-electron chi connectivity index (χ3n) is 4.80. The zero-order chi connectivity index (χ0) is 20.4. The van der Waals surface area contributed by atoms with Crippen molar-refractivity contribution in [3.05, 3.63) is 52.8 Å². The lowest BCUT2D eigenvalue weighted by molar-refractivity contribution is -0.121. The Morgan fingerprint density at radius 3 is 2.83 bits per heavy atom. The Morgan fingerprint density at radius 1 is 1.24 bits per heavy atom. The summed E-state index contributed by atoms with van der Waals surface area (Å²) in [5, 5.41) is 3.59. The van der Waals surface area contributed by atoms with Crippen molar-refractivity contribution in [1.29, 1.82) is 0 Å². The lowest BCUT2D eigenvalue weighted by Crippen LogP contribution is -2.31. The van der Waals surface area contributed by atoms with Crippen LogP contribution < -0.4 is 14.8 Å². The number of fused-ring (bicyclic) bond motifs is 2. The SMILES string of the molecule is CC(C)CC(NC(=O)Cc1cc(Cl)c2c(c1)OCCO2)c1nc2ccccc2[nH]1. The van der Waals surface area contributed by atoms with Gasteiger partial charge in [-0.05, 0) is 42.2 Å². The van der Waals surface area contributed by atoms with Crippen molar-refractivity contribution < 1.29 is 14.3 Å². The van der Waals surface area contributed by atoms with E-state index in [1.807, 2.05) is 30.3 Å². The Labute approximate surface area is 174 Å². The van der Waals surface area contributed by atoms with E-state index in [0.717, 1.165) is 28.8 Å². The normalized spacial score (nSPS) is 14.2. The van der Waals surface area contributed by atoms with Crippen molar-refractivity contribution in [2.24, 2.45) is 5.92 Å². The smallest absolute Gasteiger partial charge is 0.225 e. The topological polar surface area (TPSA) is 76.2 Å². The van der Waals surface area contributed by atoms with E-state index in [1.54, 1.807) is 6.07 Å². The maximum atomic E-state index is 12.8. The second kappa shape index (κ2) is 8.33. The number of benzene rings is 2. The van der Waals surface area contributed by atoms with Gasteiger partial charge < -0.3 is 19.8 Å². The zero-order valence-electron chi connectivity index (χ0n) is 16.5. The Morgan fingerprint density at radius 2 is 2.03 bits per heavy atom. The molecule has 1 amide bonds. The number of carbonyl (C=O) groups is 1. The number of para-hydroxylation sites is 2. The van der Waals surface area contributed by atoms with Gasteiger partial charge in [-0.25, -0.2) is 4.98 Å². The number of amides is 1. The molecule has 7 heteroatoms. The van der Waals surface area contributed by atoms with Gasteiger partial charge in [0.05, 0.1) is 28.5 Å². The van der Waals surface area contributed by atoms with Crippen LogP contribution in [0.15, 0.2) is 36.4 Å². The van der Waals surface area contributed by atoms with E-state index in [0.29, 0.717) is 35.7 Å². The standard InChI is InChI=1S/C22H24ClN3O3/c1-13(2)9-18(22-25-16-5-3-4-6-17(16)26-22)24-20(27)12-14-10-15(23)21-19(11-14)28-7-8-29-21/h3-6,10-11,13,18H,7-9,12H2,1-2H3,(H,24,27)(H,25,26). The van der Waals surface area contributed by atoms with E-state index in [2.05, 4.69) is 29.1 Å². The van der Waals surface area contributed by atoms with Gasteiger partial charge in [-0.15, -0.1) is 0 Å². The first-order valence-electron chi connectivity index (χ1n) is 9.81. The number of carbonyl (C=O) groups excluding carboxylic acids is 1. The van der Waals surface area contributed by atoms with Crippen LogP contribution in [0.2, 0.25) is 5.02 Å². The fourth-order valence-electron chi connectivity index (χ4n) is 3.54. The molecular weight excluding hydrogens is 390 g/mol. The van der Waals surface area contributed by atoms with E-state index in [9.17, 15) is 4.79 Å². The minimum atomic E-state index is -0.192. The Kier molecular flexibility index (Phi) is 5.62. The number of aromatic nitrogens is 2. The molecule has 0 fully saturated rings. The van der Waals surface area contributed by atoms with Gasteiger partial charge in [0.15, 0.2) is 11.5 Å². The number of nitrogens with zero attached hydrogens (tertiary/aromatic N) is 1. The lowest BCUT2D eigenvalue weighted by atomic mass is 10.0. The van der Waals surface area contributed by atoms with Crippen LogP contribution in [0.5, 0.6) is 11.5 Å². The summed E-state index contributed by atoms with van der Waals surface area (Å²) in [5.74, 6) is 2.21. The van der Waals surface area contributed by atoms with Gasteiger partial charge in [0, 0.05) is 0 Å². The summed E-state index contributed by atoms with van der Waals surface area (Å²) in [6.45, 7) is 5.20. The van der Waals surface area contributed by atoms with Gasteiger partial charge >= 0.3 is 0 Å². The maximum absolute atomic E-state index is 12.8. The molecule has 2 heterocycles. The fraction of sp³-hybridized carbons (Fsp3) is 0.364. The van der Waals surface area contributed by atoms with E-state index in [4.69, 9.17) is 21.1 Å². The van der Waals surface area contributed by atoms with Crippen LogP contribution >= 0.6 is 11.6 Å². The predicted octanol–water partition coefficient (Wildman–Crippen LogP) is 4.43. The van der Waals surface area contributed by atoms with Gasteiger partial charge in [-0.3, -0.25) is 4.79 Å². The van der Waals surface area contributed by atoms with Crippen LogP contribution in [-0.4, -0.2) is 29.1 Å². The molecular formula is C22H24ClN3O3. The van der Waals surface area contributed by atoms with Crippen molar-refractivity contribution in [2.45, 2.75) is 32.7 Å². The third-order valence-corrected chi connectivity index (χ3v) is 5.08. The number of aromatic amines is 1. The Bertz CT molecular complexity index is 998. The van der Waals surface area contributed by atoms with Gasteiger partial charge in [0.2, 0.25) is 5.91 Å². The number of H-pyrrole nitrogens is 1. The molecule has 0 spiro atoms. The first-order valence-corrected chi connectivity index (χ1v) is 10.2. The average Bonchev–Trinajstić information content (AvgIpc) is 3.11. The number of halogens is 1. The average molecular weight is 414 g/mol. The molecule has 0 radical (unpaired) electrons. The molecule has 0 bridgehead atoms. The predicted molar refractivity (Wildman–Crippen MR) is 113 cm³/mol. The number of hydrogen-bond acceptors (Lipinski definition) is 4. The number of hydrogen-bond donors (Lipinski definition) is 2. The van der Waals surface area contributed by atoms with Gasteiger partial charge in [0.1, 0.15) is 19.0 Å². The molecule has 3 aromatic rings. The molecule has 1 aromatic heterocycles. The highest BCUT2D eigenvalue weighted by Crippen LogP contribution is 2.38. The minimum absolute atomic E-state index is 0.0937. The summed E-state index contributed by atoms with van der Waals surface area (Å²) >= 11 is 6.29. The van der Waals surface area contributed by atoms with Crippen molar-refractivity contribution in [2.75, 3.05) is 13.2 Å². The van der Waals surface area contributed by atoms with Gasteiger partial charge in [0.25, 0.3) is 0 Å². The van der Waals surface area contributed by atoms with Crippen molar-refractivity contribution >= 4 is 28.5 Å². The number of imidazole rings is 1. The highest BCUT2D eigenvalue weighted by atomic mass is 35.5. The van der Waals surface area contributed by atoms with Crippen molar-refractivity contribution in [1.82, 2.24) is 15.3 Å². The van der Waals surface area contributed by atoms with Crippen LogP contribution in [0.4, 0.5) is 0 Å². The third kappa shape index (κ3) is 4.48. The Balaban J connectivity index is 1.51. The molecule has 1 aliphatic heterocycles.